The summed E-state index contributed by atoms with van der Waals surface area (Å²) in [5.41, 5.74) is 8.68. The molecule has 4 N–H and O–H groups in total. The summed E-state index contributed by atoms with van der Waals surface area (Å²) >= 11 is 0. The molecule has 39 heavy (non-hydrogen) atoms. The molecule has 1 amide bonds. The summed E-state index contributed by atoms with van der Waals surface area (Å²) in [4.78, 5) is 29.4. The number of benzene rings is 1. The maximum atomic E-state index is 13.8. The Morgan fingerprint density at radius 3 is 2.26 bits per heavy atom. The average Bonchev–Trinajstić information content (AvgIpc) is 3.18. The molecule has 1 aromatic carbocycles. The third-order valence-electron chi connectivity index (χ3n) is 6.19. The van der Waals surface area contributed by atoms with Gasteiger partial charge in [0, 0.05) is 29.1 Å². The lowest BCUT2D eigenvalue weighted by Gasteiger charge is -2.22. The lowest BCUT2D eigenvalue weighted by molar-refractivity contribution is -0.157. The van der Waals surface area contributed by atoms with Gasteiger partial charge in [-0.15, -0.1) is 0 Å². The second-order valence-corrected chi connectivity index (χ2v) is 11.0. The van der Waals surface area contributed by atoms with Crippen molar-refractivity contribution in [1.29, 1.82) is 0 Å². The number of ether oxygens (including phenoxy) is 1. The fraction of sp³-hybridized carbons (Fsp3) is 0.433. The third kappa shape index (κ3) is 7.74. The van der Waals surface area contributed by atoms with E-state index in [-0.39, 0.29) is 31.0 Å². The van der Waals surface area contributed by atoms with Crippen molar-refractivity contribution in [2.75, 3.05) is 0 Å². The quantitative estimate of drug-likeness (QED) is 0.300. The van der Waals surface area contributed by atoms with E-state index in [4.69, 9.17) is 10.5 Å². The molecule has 0 unspecified atom stereocenters. The second-order valence-electron chi connectivity index (χ2n) is 11.0. The van der Waals surface area contributed by atoms with Crippen LogP contribution in [0.3, 0.4) is 0 Å². The fourth-order valence-corrected chi connectivity index (χ4v) is 4.78. The van der Waals surface area contributed by atoms with Crippen LogP contribution in [0, 0.1) is 5.82 Å². The molecule has 0 radical (unpaired) electrons. The average molecular weight is 540 g/mol. The van der Waals surface area contributed by atoms with Gasteiger partial charge in [-0.1, -0.05) is 18.2 Å². The Balaban J connectivity index is 2.00. The summed E-state index contributed by atoms with van der Waals surface area (Å²) in [6.07, 6.45) is -0.0928. The van der Waals surface area contributed by atoms with Gasteiger partial charge in [-0.05, 0) is 83.7 Å². The molecule has 210 valence electrons. The van der Waals surface area contributed by atoms with Crippen LogP contribution in [-0.4, -0.2) is 49.4 Å². The van der Waals surface area contributed by atoms with Crippen LogP contribution in [0.2, 0.25) is 0 Å². The van der Waals surface area contributed by atoms with E-state index in [1.54, 1.807) is 51.2 Å². The Morgan fingerprint density at radius 1 is 1.05 bits per heavy atom. The lowest BCUT2D eigenvalue weighted by atomic mass is 9.94. The Kier molecular flexibility index (Phi) is 9.63. The molecule has 0 fully saturated rings. The number of nitrogens with zero attached hydrogens (tertiary/aromatic N) is 2. The van der Waals surface area contributed by atoms with Gasteiger partial charge in [0.15, 0.2) is 0 Å². The number of pyridine rings is 1. The molecule has 8 nitrogen and oxygen atoms in total. The number of carbonyl (C=O) groups excluding carboxylic acids is 2. The zero-order valence-corrected chi connectivity index (χ0v) is 23.1. The van der Waals surface area contributed by atoms with Gasteiger partial charge in [0.1, 0.15) is 17.1 Å². The van der Waals surface area contributed by atoms with Crippen molar-refractivity contribution in [1.82, 2.24) is 9.55 Å². The van der Waals surface area contributed by atoms with E-state index in [1.807, 2.05) is 24.5 Å². The second kappa shape index (κ2) is 12.5. The molecule has 0 bridgehead atoms. The van der Waals surface area contributed by atoms with Crippen LogP contribution < -0.4 is 5.73 Å². The van der Waals surface area contributed by atoms with Crippen molar-refractivity contribution < 1.29 is 28.9 Å². The van der Waals surface area contributed by atoms with Crippen LogP contribution >= 0.6 is 0 Å². The summed E-state index contributed by atoms with van der Waals surface area (Å²) < 4.78 is 20.9. The van der Waals surface area contributed by atoms with Gasteiger partial charge in [-0.2, -0.15) is 0 Å². The molecule has 3 aromatic rings. The molecule has 0 aliphatic rings. The topological polar surface area (TPSA) is 128 Å². The number of primary amides is 1. The number of carbonyl (C=O) groups is 2. The zero-order chi connectivity index (χ0) is 28.9. The molecule has 2 aromatic heterocycles. The van der Waals surface area contributed by atoms with E-state index in [9.17, 15) is 24.2 Å². The minimum Gasteiger partial charge on any atom is -0.460 e. The largest absolute Gasteiger partial charge is 0.460 e. The first-order chi connectivity index (χ1) is 18.3. The minimum absolute atomic E-state index is 0.0245. The molecule has 0 spiro atoms. The number of aromatic nitrogens is 2. The Bertz CT molecular complexity index is 1280. The molecular weight excluding hydrogens is 501 g/mol. The van der Waals surface area contributed by atoms with Crippen molar-refractivity contribution in [3.8, 4) is 22.4 Å². The summed E-state index contributed by atoms with van der Waals surface area (Å²) in [7, 11) is 0. The Labute approximate surface area is 228 Å². The van der Waals surface area contributed by atoms with Crippen LogP contribution in [0.15, 0.2) is 48.7 Å². The number of hydrogen-bond acceptors (Lipinski definition) is 6. The van der Waals surface area contributed by atoms with Gasteiger partial charge in [0.25, 0.3) is 5.91 Å². The number of amides is 1. The molecule has 0 aliphatic carbocycles. The molecule has 0 saturated carbocycles. The first-order valence-corrected chi connectivity index (χ1v) is 13.1. The Hall–Kier alpha value is -3.56. The van der Waals surface area contributed by atoms with Crippen LogP contribution in [0.25, 0.3) is 22.4 Å². The van der Waals surface area contributed by atoms with Gasteiger partial charge < -0.3 is 25.3 Å². The monoisotopic (exact) mass is 539 g/mol. The van der Waals surface area contributed by atoms with Gasteiger partial charge in [-0.25, -0.2) is 4.39 Å². The van der Waals surface area contributed by atoms with Crippen LogP contribution in [0.5, 0.6) is 0 Å². The van der Waals surface area contributed by atoms with Gasteiger partial charge in [-0.3, -0.25) is 14.6 Å². The highest BCUT2D eigenvalue weighted by atomic mass is 19.1. The molecule has 0 saturated heterocycles. The summed E-state index contributed by atoms with van der Waals surface area (Å²) in [5, 5.41) is 21.2. The molecule has 0 aliphatic heterocycles. The SMILES string of the molecule is CC(C)n1c(CC[C@@H](O)C[C@@H](O)CC(=O)OC(C)(C)C)c(-c2ccc(F)cc2)c(-c2ccccn2)c1C(N)=O. The number of aliphatic hydroxyl groups is 2. The molecule has 2 atom stereocenters. The number of hydrogen-bond donors (Lipinski definition) is 3. The summed E-state index contributed by atoms with van der Waals surface area (Å²) in [6, 6.07) is 11.2. The van der Waals surface area contributed by atoms with Crippen LogP contribution in [0.1, 0.15) is 76.1 Å². The van der Waals surface area contributed by atoms with E-state index >= 15 is 0 Å². The number of aliphatic hydroxyl groups excluding tert-OH is 2. The van der Waals surface area contributed by atoms with Crippen molar-refractivity contribution >= 4 is 11.9 Å². The molecular formula is C30H38FN3O5. The van der Waals surface area contributed by atoms with Crippen molar-refractivity contribution in [2.24, 2.45) is 5.73 Å². The summed E-state index contributed by atoms with van der Waals surface area (Å²) in [5.74, 6) is -1.57. The maximum absolute atomic E-state index is 13.8. The molecule has 2 heterocycles. The lowest BCUT2D eigenvalue weighted by Crippen LogP contribution is -2.28. The number of halogens is 1. The van der Waals surface area contributed by atoms with Gasteiger partial charge in [0.05, 0.1) is 24.3 Å². The van der Waals surface area contributed by atoms with Crippen molar-refractivity contribution in [2.45, 2.75) is 84.2 Å². The smallest absolute Gasteiger partial charge is 0.308 e. The maximum Gasteiger partial charge on any atom is 0.308 e. The molecule has 3 rings (SSSR count). The van der Waals surface area contributed by atoms with E-state index in [2.05, 4.69) is 4.98 Å². The van der Waals surface area contributed by atoms with Gasteiger partial charge >= 0.3 is 5.97 Å². The van der Waals surface area contributed by atoms with E-state index < -0.39 is 35.5 Å². The number of esters is 1. The van der Waals surface area contributed by atoms with Crippen molar-refractivity contribution in [3.63, 3.8) is 0 Å². The normalized spacial score (nSPS) is 13.4. The Morgan fingerprint density at radius 2 is 1.72 bits per heavy atom. The predicted octanol–water partition coefficient (Wildman–Crippen LogP) is 4.81. The van der Waals surface area contributed by atoms with E-state index in [0.717, 1.165) is 5.69 Å². The van der Waals surface area contributed by atoms with Crippen LogP contribution in [-0.2, 0) is 16.0 Å². The highest BCUT2D eigenvalue weighted by molar-refractivity contribution is 6.04. The van der Waals surface area contributed by atoms with Crippen molar-refractivity contribution in [3.05, 3.63) is 65.9 Å². The number of rotatable bonds is 11. The first-order valence-electron chi connectivity index (χ1n) is 13.1. The first kappa shape index (κ1) is 30.0. The third-order valence-corrected chi connectivity index (χ3v) is 6.19. The minimum atomic E-state index is -1.08. The van der Waals surface area contributed by atoms with E-state index in [1.165, 1.54) is 12.1 Å². The molecule has 9 heteroatoms. The highest BCUT2D eigenvalue weighted by Gasteiger charge is 2.30. The highest BCUT2D eigenvalue weighted by Crippen LogP contribution is 2.41. The van der Waals surface area contributed by atoms with E-state index in [0.29, 0.717) is 28.8 Å². The fourth-order valence-electron chi connectivity index (χ4n) is 4.78. The predicted molar refractivity (Wildman–Crippen MR) is 147 cm³/mol. The standard InChI is InChI=1S/C30H38FN3O5/c1-18(2)34-24(14-13-21(35)16-22(36)17-25(37)39-30(3,4)5)26(19-9-11-20(31)12-10-19)27(28(34)29(32)38)23-8-6-7-15-33-23/h6-12,15,18,21-22,35-36H,13-14,16-17H2,1-5H3,(H2,32,38)/t21-,22-/m1/s1. The van der Waals surface area contributed by atoms with Gasteiger partial charge in [0.2, 0.25) is 0 Å². The summed E-state index contributed by atoms with van der Waals surface area (Å²) in [6.45, 7) is 9.08. The zero-order valence-electron chi connectivity index (χ0n) is 23.1. The number of nitrogens with two attached hydrogens (primary N) is 1. The van der Waals surface area contributed by atoms with Crippen LogP contribution in [0.4, 0.5) is 4.39 Å².